The molecule has 1 aromatic carbocycles. The van der Waals surface area contributed by atoms with Crippen molar-refractivity contribution in [2.75, 3.05) is 0 Å². The van der Waals surface area contributed by atoms with Crippen molar-refractivity contribution in [2.45, 2.75) is 44.8 Å². The molecule has 1 atom stereocenters. The summed E-state index contributed by atoms with van der Waals surface area (Å²) in [6, 6.07) is 7.81. The van der Waals surface area contributed by atoms with Crippen molar-refractivity contribution < 1.29 is 14.3 Å². The van der Waals surface area contributed by atoms with Crippen LogP contribution < -0.4 is 16.3 Å². The molecular weight excluding hydrogens is 525 g/mol. The van der Waals surface area contributed by atoms with E-state index in [0.717, 1.165) is 39.4 Å². The molecule has 1 fully saturated rings. The Hall–Kier alpha value is -2.79. The highest BCUT2D eigenvalue weighted by Crippen LogP contribution is 2.36. The first-order valence-electron chi connectivity index (χ1n) is 10.8. The minimum absolute atomic E-state index is 0.0161. The summed E-state index contributed by atoms with van der Waals surface area (Å²) in [6.07, 6.45) is 5.76. The molecule has 1 aliphatic carbocycles. The molecule has 34 heavy (non-hydrogen) atoms. The number of halogens is 1. The van der Waals surface area contributed by atoms with Gasteiger partial charge in [0.1, 0.15) is 5.82 Å². The van der Waals surface area contributed by atoms with E-state index in [1.54, 1.807) is 17.0 Å². The van der Waals surface area contributed by atoms with Gasteiger partial charge in [0.25, 0.3) is 0 Å². The monoisotopic (exact) mass is 547 g/mol. The zero-order valence-electron chi connectivity index (χ0n) is 18.1. The number of imidazole rings is 2. The van der Waals surface area contributed by atoms with Gasteiger partial charge in [-0.2, -0.15) is 0 Å². The van der Waals surface area contributed by atoms with Crippen LogP contribution in [0.3, 0.4) is 0 Å². The first kappa shape index (κ1) is 23.0. The molecular formula is C21H23BrN7O4P. The Bertz CT molecular complexity index is 1510. The first-order chi connectivity index (χ1) is 16.2. The van der Waals surface area contributed by atoms with Gasteiger partial charge >= 0.3 is 13.4 Å². The fraction of sp³-hybridized carbons (Fsp3) is 0.333. The van der Waals surface area contributed by atoms with Crippen LogP contribution in [0.4, 0.5) is 0 Å². The number of hydrogen-bond acceptors (Lipinski definition) is 5. The lowest BCUT2D eigenvalue weighted by Gasteiger charge is -2.11. The van der Waals surface area contributed by atoms with Crippen LogP contribution in [0.2, 0.25) is 0 Å². The Balaban J connectivity index is 1.49. The maximum atomic E-state index is 13.3. The van der Waals surface area contributed by atoms with E-state index in [9.17, 15) is 14.2 Å². The average molecular weight is 548 g/mol. The first-order valence-corrected chi connectivity index (χ1v) is 13.4. The Kier molecular flexibility index (Phi) is 5.93. The smallest absolute Gasteiger partial charge is 0.326 e. The molecule has 1 saturated carbocycles. The predicted molar refractivity (Wildman–Crippen MR) is 130 cm³/mol. The molecule has 0 spiro atoms. The standard InChI is InChI=1S/C21H23BrN7O4P/c22-13-3-6-16-15(10-13)25-19(27(16)9-1-2-20(30)26-34(23,32)33)12-28-18-11-24-8-7-17(18)29(21(28)31)14-4-5-14/h3,6-8,10-11,14H,1-2,4-5,9,12H2,(H4,23,26,30,32,33). The Morgan fingerprint density at radius 2 is 2.03 bits per heavy atom. The molecule has 1 aliphatic rings. The summed E-state index contributed by atoms with van der Waals surface area (Å²) >= 11 is 3.47. The van der Waals surface area contributed by atoms with Gasteiger partial charge in [0.15, 0.2) is 0 Å². The van der Waals surface area contributed by atoms with Gasteiger partial charge in [0.05, 0.1) is 34.8 Å². The van der Waals surface area contributed by atoms with E-state index in [-0.39, 0.29) is 24.7 Å². The fourth-order valence-corrected chi connectivity index (χ4v) is 5.08. The number of aromatic nitrogens is 5. The predicted octanol–water partition coefficient (Wildman–Crippen LogP) is 2.65. The molecule has 1 unspecified atom stereocenters. The van der Waals surface area contributed by atoms with Crippen molar-refractivity contribution in [1.29, 1.82) is 0 Å². The third-order valence-corrected chi connectivity index (χ3v) is 6.90. The van der Waals surface area contributed by atoms with Gasteiger partial charge in [0.2, 0.25) is 5.91 Å². The number of fused-ring (bicyclic) bond motifs is 2. The number of amides is 1. The third-order valence-electron chi connectivity index (χ3n) is 5.84. The molecule has 0 bridgehead atoms. The molecule has 5 rings (SSSR count). The maximum Gasteiger partial charge on any atom is 0.362 e. The molecule has 4 N–H and O–H groups in total. The van der Waals surface area contributed by atoms with Gasteiger partial charge in [-0.25, -0.2) is 19.8 Å². The van der Waals surface area contributed by atoms with Gasteiger partial charge in [-0.05, 0) is 43.5 Å². The van der Waals surface area contributed by atoms with Crippen LogP contribution in [-0.4, -0.2) is 34.5 Å². The van der Waals surface area contributed by atoms with Crippen LogP contribution in [-0.2, 0) is 22.4 Å². The van der Waals surface area contributed by atoms with Crippen molar-refractivity contribution in [3.05, 3.63) is 57.4 Å². The second kappa shape index (κ2) is 8.77. The van der Waals surface area contributed by atoms with Crippen LogP contribution in [0.1, 0.15) is 37.5 Å². The Morgan fingerprint density at radius 3 is 2.76 bits per heavy atom. The molecule has 178 valence electrons. The van der Waals surface area contributed by atoms with Crippen LogP contribution >= 0.6 is 23.6 Å². The van der Waals surface area contributed by atoms with Gasteiger partial charge in [-0.15, -0.1) is 0 Å². The van der Waals surface area contributed by atoms with Gasteiger partial charge < -0.3 is 9.46 Å². The van der Waals surface area contributed by atoms with E-state index >= 15 is 0 Å². The van der Waals surface area contributed by atoms with Crippen LogP contribution in [0, 0.1) is 0 Å². The van der Waals surface area contributed by atoms with Gasteiger partial charge in [-0.1, -0.05) is 15.9 Å². The number of nitrogens with two attached hydrogens (primary N) is 1. The van der Waals surface area contributed by atoms with E-state index in [1.807, 2.05) is 38.5 Å². The minimum atomic E-state index is -4.12. The number of nitrogens with zero attached hydrogens (tertiary/aromatic N) is 5. The summed E-state index contributed by atoms with van der Waals surface area (Å²) in [6.45, 7) is 0.670. The number of hydrogen-bond donors (Lipinski definition) is 3. The highest BCUT2D eigenvalue weighted by atomic mass is 79.9. The number of rotatable bonds is 8. The highest BCUT2D eigenvalue weighted by molar-refractivity contribution is 9.10. The number of nitrogens with one attached hydrogen (secondary N) is 1. The largest absolute Gasteiger partial charge is 0.362 e. The lowest BCUT2D eigenvalue weighted by atomic mass is 10.2. The van der Waals surface area contributed by atoms with Crippen LogP contribution in [0.25, 0.3) is 22.1 Å². The second-order valence-electron chi connectivity index (χ2n) is 8.41. The summed E-state index contributed by atoms with van der Waals surface area (Å²) in [5.74, 6) is 0.0674. The summed E-state index contributed by atoms with van der Waals surface area (Å²) < 4.78 is 17.6. The number of carbonyl (C=O) groups is 1. The second-order valence-corrected chi connectivity index (χ2v) is 10.8. The molecule has 0 saturated heterocycles. The summed E-state index contributed by atoms with van der Waals surface area (Å²) in [5.41, 5.74) is 8.15. The SMILES string of the molecule is NP(=O)(O)NC(=O)CCCn1c(Cn2c(=O)n(C3CC3)c3ccncc32)nc2cc(Br)ccc21. The van der Waals surface area contributed by atoms with E-state index < -0.39 is 13.6 Å². The molecule has 11 nitrogen and oxygen atoms in total. The summed E-state index contributed by atoms with van der Waals surface area (Å²) in [4.78, 5) is 43.4. The summed E-state index contributed by atoms with van der Waals surface area (Å²) in [5, 5.41) is 1.91. The van der Waals surface area contributed by atoms with Crippen molar-refractivity contribution in [2.24, 2.45) is 5.50 Å². The molecule has 3 aromatic heterocycles. The highest BCUT2D eigenvalue weighted by Gasteiger charge is 2.29. The molecule has 0 radical (unpaired) electrons. The molecule has 4 aromatic rings. The lowest BCUT2D eigenvalue weighted by Crippen LogP contribution is -2.25. The number of carbonyl (C=O) groups excluding carboxylic acids is 1. The molecule has 1 amide bonds. The number of aryl methyl sites for hydroxylation is 1. The molecule has 0 aliphatic heterocycles. The van der Waals surface area contributed by atoms with E-state index in [4.69, 9.17) is 15.4 Å². The minimum Gasteiger partial charge on any atom is -0.326 e. The molecule has 13 heteroatoms. The number of benzene rings is 1. The summed E-state index contributed by atoms with van der Waals surface area (Å²) in [7, 11) is -4.12. The zero-order valence-corrected chi connectivity index (χ0v) is 20.6. The maximum absolute atomic E-state index is 13.3. The zero-order chi connectivity index (χ0) is 24.0. The quantitative estimate of drug-likeness (QED) is 0.287. The Morgan fingerprint density at radius 1 is 1.24 bits per heavy atom. The van der Waals surface area contributed by atoms with Crippen molar-refractivity contribution >= 4 is 51.6 Å². The fourth-order valence-electron chi connectivity index (χ4n) is 4.26. The molecule has 3 heterocycles. The number of pyridine rings is 1. The van der Waals surface area contributed by atoms with Crippen molar-refractivity contribution in [1.82, 2.24) is 28.8 Å². The van der Waals surface area contributed by atoms with Crippen molar-refractivity contribution in [3.63, 3.8) is 0 Å². The van der Waals surface area contributed by atoms with Crippen LogP contribution in [0.5, 0.6) is 0 Å². The van der Waals surface area contributed by atoms with Gasteiger partial charge in [-0.3, -0.25) is 24.0 Å². The lowest BCUT2D eigenvalue weighted by molar-refractivity contribution is -0.119. The Labute approximate surface area is 202 Å². The van der Waals surface area contributed by atoms with Crippen LogP contribution in [0.15, 0.2) is 45.9 Å². The average Bonchev–Trinajstić information content (AvgIpc) is 3.48. The van der Waals surface area contributed by atoms with E-state index in [0.29, 0.717) is 18.8 Å². The van der Waals surface area contributed by atoms with Gasteiger partial charge in [0, 0.05) is 29.7 Å². The van der Waals surface area contributed by atoms with E-state index in [2.05, 4.69) is 20.9 Å². The normalized spacial score (nSPS) is 15.6. The topological polar surface area (TPSA) is 150 Å². The van der Waals surface area contributed by atoms with Crippen molar-refractivity contribution in [3.8, 4) is 0 Å². The van der Waals surface area contributed by atoms with E-state index in [1.165, 1.54) is 0 Å². The third kappa shape index (κ3) is 4.58.